The molecule has 0 spiro atoms. The minimum absolute atomic E-state index is 0.00317. The number of nitrogens with one attached hydrogen (secondary N) is 1. The predicted molar refractivity (Wildman–Crippen MR) is 87.3 cm³/mol. The number of fused-ring (bicyclic) bond motifs is 1. The summed E-state index contributed by atoms with van der Waals surface area (Å²) in [6, 6.07) is 5.62. The zero-order valence-electron chi connectivity index (χ0n) is 13.6. The van der Waals surface area contributed by atoms with Crippen molar-refractivity contribution in [2.45, 2.75) is 25.9 Å². The van der Waals surface area contributed by atoms with E-state index in [-0.39, 0.29) is 24.1 Å². The van der Waals surface area contributed by atoms with Crippen LogP contribution in [0.1, 0.15) is 18.1 Å². The van der Waals surface area contributed by atoms with Crippen LogP contribution in [0, 0.1) is 0 Å². The van der Waals surface area contributed by atoms with Crippen molar-refractivity contribution in [3.05, 3.63) is 29.3 Å². The van der Waals surface area contributed by atoms with Crippen LogP contribution in [0.4, 0.5) is 5.69 Å². The molecule has 1 saturated heterocycles. The third kappa shape index (κ3) is 3.41. The molecule has 1 aromatic carbocycles. The van der Waals surface area contributed by atoms with Crippen LogP contribution >= 0.6 is 0 Å². The highest BCUT2D eigenvalue weighted by molar-refractivity contribution is 5.99. The maximum atomic E-state index is 12.4. The van der Waals surface area contributed by atoms with E-state index < -0.39 is 6.10 Å². The van der Waals surface area contributed by atoms with Crippen molar-refractivity contribution < 1.29 is 19.5 Å². The first kappa shape index (κ1) is 16.4. The highest BCUT2D eigenvalue weighted by Crippen LogP contribution is 2.24. The molecule has 1 fully saturated rings. The lowest BCUT2D eigenvalue weighted by Crippen LogP contribution is -2.52. The first-order valence-electron chi connectivity index (χ1n) is 8.10. The third-order valence-corrected chi connectivity index (χ3v) is 4.46. The van der Waals surface area contributed by atoms with E-state index in [4.69, 9.17) is 0 Å². The molecule has 3 rings (SSSR count). The number of rotatable bonds is 3. The number of amides is 3. The van der Waals surface area contributed by atoms with Gasteiger partial charge in [0.15, 0.2) is 0 Å². The molecule has 0 aliphatic carbocycles. The minimum Gasteiger partial charge on any atom is -0.384 e. The van der Waals surface area contributed by atoms with E-state index in [9.17, 15) is 19.5 Å². The molecule has 1 unspecified atom stereocenters. The molecule has 7 heteroatoms. The Kier molecular flexibility index (Phi) is 4.53. The topological polar surface area (TPSA) is 89.9 Å². The lowest BCUT2D eigenvalue weighted by atomic mass is 10.1. The number of carbonyl (C=O) groups excluding carboxylic acids is 3. The number of benzene rings is 1. The molecule has 1 aromatic rings. The molecule has 2 aliphatic rings. The highest BCUT2D eigenvalue weighted by Gasteiger charge is 2.26. The van der Waals surface area contributed by atoms with E-state index in [0.717, 1.165) is 16.8 Å². The number of piperazine rings is 1. The Morgan fingerprint density at radius 1 is 1.21 bits per heavy atom. The Morgan fingerprint density at radius 2 is 1.88 bits per heavy atom. The summed E-state index contributed by atoms with van der Waals surface area (Å²) >= 11 is 0. The molecule has 0 aromatic heterocycles. The van der Waals surface area contributed by atoms with Crippen molar-refractivity contribution in [1.82, 2.24) is 9.80 Å². The Hall–Kier alpha value is -2.41. The monoisotopic (exact) mass is 331 g/mol. The molecule has 0 bridgehead atoms. The van der Waals surface area contributed by atoms with E-state index in [2.05, 4.69) is 5.32 Å². The molecule has 7 nitrogen and oxygen atoms in total. The van der Waals surface area contributed by atoms with Gasteiger partial charge in [0, 0.05) is 31.9 Å². The van der Waals surface area contributed by atoms with Crippen molar-refractivity contribution in [2.75, 3.05) is 31.5 Å². The molecule has 2 aliphatic heterocycles. The summed E-state index contributed by atoms with van der Waals surface area (Å²) < 4.78 is 0. The van der Waals surface area contributed by atoms with Crippen LogP contribution in [0.25, 0.3) is 0 Å². The average molecular weight is 331 g/mol. The summed E-state index contributed by atoms with van der Waals surface area (Å²) in [6.45, 7) is 3.27. The molecule has 2 heterocycles. The van der Waals surface area contributed by atoms with Crippen LogP contribution < -0.4 is 5.32 Å². The maximum Gasteiger partial charge on any atom is 0.251 e. The summed E-state index contributed by atoms with van der Waals surface area (Å²) in [5.74, 6) is -0.313. The molecule has 24 heavy (non-hydrogen) atoms. The second-order valence-corrected chi connectivity index (χ2v) is 6.28. The second kappa shape index (κ2) is 6.60. The average Bonchev–Trinajstić information content (AvgIpc) is 2.93. The van der Waals surface area contributed by atoms with E-state index in [1.54, 1.807) is 9.80 Å². The van der Waals surface area contributed by atoms with Gasteiger partial charge in [-0.3, -0.25) is 14.4 Å². The summed E-state index contributed by atoms with van der Waals surface area (Å²) in [7, 11) is 0. The van der Waals surface area contributed by atoms with Crippen molar-refractivity contribution in [3.63, 3.8) is 0 Å². The van der Waals surface area contributed by atoms with Gasteiger partial charge >= 0.3 is 0 Å². The number of aliphatic hydroxyl groups is 1. The van der Waals surface area contributed by atoms with Crippen molar-refractivity contribution >= 4 is 23.4 Å². The standard InChI is InChI=1S/C17H21N3O4/c1-11(21)17(24)20-6-4-19(5-7-20)16(23)9-12-2-3-13-10-15(22)18-14(13)8-12/h2-3,8,11,21H,4-7,9-10H2,1H3,(H,18,22). The van der Waals surface area contributed by atoms with Crippen molar-refractivity contribution in [2.24, 2.45) is 0 Å². The molecule has 0 radical (unpaired) electrons. The fourth-order valence-corrected chi connectivity index (χ4v) is 3.10. The van der Waals surface area contributed by atoms with Gasteiger partial charge in [0.1, 0.15) is 6.10 Å². The molecule has 128 valence electrons. The zero-order valence-corrected chi connectivity index (χ0v) is 13.6. The number of hydrogen-bond donors (Lipinski definition) is 2. The predicted octanol–water partition coefficient (Wildman–Crippen LogP) is -0.225. The van der Waals surface area contributed by atoms with Crippen LogP contribution in [0.2, 0.25) is 0 Å². The second-order valence-electron chi connectivity index (χ2n) is 6.28. The summed E-state index contributed by atoms with van der Waals surface area (Å²) in [6.07, 6.45) is -0.343. The van der Waals surface area contributed by atoms with E-state index in [1.165, 1.54) is 6.92 Å². The lowest BCUT2D eigenvalue weighted by molar-refractivity contribution is -0.144. The first-order valence-corrected chi connectivity index (χ1v) is 8.10. The molecular weight excluding hydrogens is 310 g/mol. The SMILES string of the molecule is CC(O)C(=O)N1CCN(C(=O)Cc2ccc3c(c2)NC(=O)C3)CC1. The number of aliphatic hydroxyl groups excluding tert-OH is 1. The summed E-state index contributed by atoms with van der Waals surface area (Å²) in [5.41, 5.74) is 2.61. The normalized spacial score (nSPS) is 18.2. The van der Waals surface area contributed by atoms with E-state index in [0.29, 0.717) is 32.6 Å². The quantitative estimate of drug-likeness (QED) is 0.801. The van der Waals surface area contributed by atoms with Crippen LogP contribution in [0.5, 0.6) is 0 Å². The van der Waals surface area contributed by atoms with Gasteiger partial charge in [0.2, 0.25) is 11.8 Å². The van der Waals surface area contributed by atoms with Gasteiger partial charge in [-0.05, 0) is 24.1 Å². The van der Waals surface area contributed by atoms with Gasteiger partial charge < -0.3 is 20.2 Å². The van der Waals surface area contributed by atoms with Crippen LogP contribution in [-0.2, 0) is 27.2 Å². The van der Waals surface area contributed by atoms with Crippen LogP contribution in [0.15, 0.2) is 18.2 Å². The fraction of sp³-hybridized carbons (Fsp3) is 0.471. The van der Waals surface area contributed by atoms with E-state index >= 15 is 0 Å². The Morgan fingerprint density at radius 3 is 2.54 bits per heavy atom. The number of nitrogens with zero attached hydrogens (tertiary/aromatic N) is 2. The van der Waals surface area contributed by atoms with Gasteiger partial charge in [-0.25, -0.2) is 0 Å². The van der Waals surface area contributed by atoms with Crippen molar-refractivity contribution in [1.29, 1.82) is 0 Å². The van der Waals surface area contributed by atoms with Crippen LogP contribution in [-0.4, -0.2) is 64.9 Å². The zero-order chi connectivity index (χ0) is 17.3. The van der Waals surface area contributed by atoms with Crippen LogP contribution in [0.3, 0.4) is 0 Å². The van der Waals surface area contributed by atoms with Gasteiger partial charge in [-0.1, -0.05) is 12.1 Å². The minimum atomic E-state index is -1.01. The number of hydrogen-bond acceptors (Lipinski definition) is 4. The molecule has 1 atom stereocenters. The van der Waals surface area contributed by atoms with Gasteiger partial charge in [0.25, 0.3) is 5.91 Å². The highest BCUT2D eigenvalue weighted by atomic mass is 16.3. The van der Waals surface area contributed by atoms with Crippen molar-refractivity contribution in [3.8, 4) is 0 Å². The Labute approximate surface area is 140 Å². The molecule has 0 saturated carbocycles. The number of anilines is 1. The Bertz CT molecular complexity index is 678. The maximum absolute atomic E-state index is 12.4. The molecular formula is C17H21N3O4. The first-order chi connectivity index (χ1) is 11.4. The smallest absolute Gasteiger partial charge is 0.251 e. The fourth-order valence-electron chi connectivity index (χ4n) is 3.10. The summed E-state index contributed by atoms with van der Waals surface area (Å²) in [4.78, 5) is 38.9. The van der Waals surface area contributed by atoms with Gasteiger partial charge in [-0.15, -0.1) is 0 Å². The Balaban J connectivity index is 1.56. The third-order valence-electron chi connectivity index (χ3n) is 4.46. The van der Waals surface area contributed by atoms with E-state index in [1.807, 2.05) is 18.2 Å². The van der Waals surface area contributed by atoms with Gasteiger partial charge in [0.05, 0.1) is 12.8 Å². The largest absolute Gasteiger partial charge is 0.384 e. The lowest BCUT2D eigenvalue weighted by Gasteiger charge is -2.35. The van der Waals surface area contributed by atoms with Gasteiger partial charge in [-0.2, -0.15) is 0 Å². The summed E-state index contributed by atoms with van der Waals surface area (Å²) in [5, 5.41) is 12.1. The molecule has 3 amide bonds. The number of carbonyl (C=O) groups is 3. The molecule has 2 N–H and O–H groups in total.